The number of benzene rings is 1. The monoisotopic (exact) mass is 473 g/mol. The number of amidine groups is 1. The average Bonchev–Trinajstić information content (AvgIpc) is 2.96. The largest absolute Gasteiger partial charge is 0.312 e. The number of sulfonamides is 1. The van der Waals surface area contributed by atoms with Gasteiger partial charge in [-0.25, -0.2) is 12.7 Å². The summed E-state index contributed by atoms with van der Waals surface area (Å²) >= 11 is 0. The Kier molecular flexibility index (Phi) is 7.29. The molecule has 1 saturated carbocycles. The zero-order valence-corrected chi connectivity index (χ0v) is 21.3. The molecular formula is C26H39N3O3S. The molecular weight excluding hydrogens is 434 g/mol. The Morgan fingerprint density at radius 1 is 1.06 bits per heavy atom. The summed E-state index contributed by atoms with van der Waals surface area (Å²) in [5.41, 5.74) is 4.00. The van der Waals surface area contributed by atoms with Crippen LogP contribution in [-0.4, -0.2) is 48.8 Å². The summed E-state index contributed by atoms with van der Waals surface area (Å²) in [5.74, 6) is 1.29. The van der Waals surface area contributed by atoms with E-state index >= 15 is 0 Å². The van der Waals surface area contributed by atoms with Crippen LogP contribution in [0.25, 0.3) is 0 Å². The van der Waals surface area contributed by atoms with E-state index in [0.29, 0.717) is 38.3 Å². The third kappa shape index (κ3) is 5.19. The highest BCUT2D eigenvalue weighted by Gasteiger charge is 2.48. The van der Waals surface area contributed by atoms with Crippen molar-refractivity contribution in [2.75, 3.05) is 18.8 Å². The highest BCUT2D eigenvalue weighted by atomic mass is 32.2. The summed E-state index contributed by atoms with van der Waals surface area (Å²) in [7, 11) is -3.38. The molecule has 0 atom stereocenters. The smallest absolute Gasteiger partial charge is 0.253 e. The molecule has 2 heterocycles. The van der Waals surface area contributed by atoms with Crippen molar-refractivity contribution < 1.29 is 13.2 Å². The lowest BCUT2D eigenvalue weighted by Crippen LogP contribution is -2.51. The number of hydrogen-bond donors (Lipinski definition) is 1. The second-order valence-corrected chi connectivity index (χ2v) is 12.3. The topological polar surface area (TPSA) is 78.8 Å². The maximum Gasteiger partial charge on any atom is 0.253 e. The number of amides is 1. The van der Waals surface area contributed by atoms with Crippen molar-refractivity contribution >= 4 is 21.8 Å². The van der Waals surface area contributed by atoms with Gasteiger partial charge >= 0.3 is 0 Å². The lowest BCUT2D eigenvalue weighted by atomic mass is 9.89. The summed E-state index contributed by atoms with van der Waals surface area (Å²) in [5, 5.41) is 3.08. The van der Waals surface area contributed by atoms with Gasteiger partial charge in [-0.3, -0.25) is 9.79 Å². The molecule has 1 saturated heterocycles. The van der Waals surface area contributed by atoms with Crippen molar-refractivity contribution in [1.82, 2.24) is 9.62 Å². The Morgan fingerprint density at radius 2 is 1.67 bits per heavy atom. The molecule has 1 aromatic carbocycles. The van der Waals surface area contributed by atoms with Gasteiger partial charge in [0.2, 0.25) is 10.0 Å². The van der Waals surface area contributed by atoms with E-state index in [1.165, 1.54) is 42.4 Å². The number of carbonyl (C=O) groups excluding carboxylic acids is 1. The Morgan fingerprint density at radius 3 is 2.24 bits per heavy atom. The van der Waals surface area contributed by atoms with Gasteiger partial charge in [0.25, 0.3) is 5.91 Å². The Hall–Kier alpha value is -1.73. The third-order valence-corrected chi connectivity index (χ3v) is 9.83. The molecule has 1 N–H and O–H groups in total. The van der Waals surface area contributed by atoms with E-state index in [2.05, 4.69) is 38.2 Å². The molecule has 1 aromatic rings. The number of carbonyl (C=O) groups is 1. The molecule has 1 aliphatic carbocycles. The van der Waals surface area contributed by atoms with Crippen LogP contribution in [0.1, 0.15) is 80.5 Å². The van der Waals surface area contributed by atoms with Gasteiger partial charge in [-0.05, 0) is 74.6 Å². The molecule has 0 unspecified atom stereocenters. The van der Waals surface area contributed by atoms with Crippen molar-refractivity contribution in [3.63, 3.8) is 0 Å². The van der Waals surface area contributed by atoms with E-state index in [0.717, 1.165) is 30.7 Å². The van der Waals surface area contributed by atoms with Gasteiger partial charge in [0.15, 0.2) is 0 Å². The lowest BCUT2D eigenvalue weighted by Gasteiger charge is -2.34. The summed E-state index contributed by atoms with van der Waals surface area (Å²) < 4.78 is 27.8. The molecule has 1 amide bonds. The first kappa shape index (κ1) is 24.4. The van der Waals surface area contributed by atoms with E-state index in [-0.39, 0.29) is 11.7 Å². The molecule has 4 rings (SSSR count). The van der Waals surface area contributed by atoms with E-state index < -0.39 is 15.6 Å². The van der Waals surface area contributed by atoms with Crippen LogP contribution in [0, 0.1) is 19.8 Å². The third-order valence-electron chi connectivity index (χ3n) is 7.96. The van der Waals surface area contributed by atoms with Gasteiger partial charge < -0.3 is 5.32 Å². The summed E-state index contributed by atoms with van der Waals surface area (Å²) in [4.78, 5) is 17.8. The van der Waals surface area contributed by atoms with E-state index in [9.17, 15) is 13.2 Å². The molecule has 1 spiro atoms. The first-order valence-electron chi connectivity index (χ1n) is 12.7. The molecule has 7 heteroatoms. The van der Waals surface area contributed by atoms with Crippen LogP contribution >= 0.6 is 0 Å². The first-order chi connectivity index (χ1) is 15.7. The Bertz CT molecular complexity index is 992. The molecule has 0 radical (unpaired) electrons. The number of hydrogen-bond acceptors (Lipinski definition) is 4. The van der Waals surface area contributed by atoms with Gasteiger partial charge in [-0.2, -0.15) is 0 Å². The van der Waals surface area contributed by atoms with Gasteiger partial charge in [0.1, 0.15) is 11.4 Å². The summed E-state index contributed by atoms with van der Waals surface area (Å²) in [6.07, 6.45) is 9.54. The number of nitrogens with zero attached hydrogens (tertiary/aromatic N) is 2. The fourth-order valence-corrected chi connectivity index (χ4v) is 7.26. The molecule has 2 fully saturated rings. The van der Waals surface area contributed by atoms with Crippen LogP contribution < -0.4 is 5.32 Å². The number of nitrogens with one attached hydrogen (secondary N) is 1. The predicted octanol–water partition coefficient (Wildman–Crippen LogP) is 4.07. The van der Waals surface area contributed by atoms with Crippen molar-refractivity contribution in [2.45, 2.75) is 90.5 Å². The number of rotatable bonds is 6. The Labute approximate surface area is 199 Å². The van der Waals surface area contributed by atoms with Crippen LogP contribution in [0.3, 0.4) is 0 Å². The minimum absolute atomic E-state index is 0.0268. The predicted molar refractivity (Wildman–Crippen MR) is 133 cm³/mol. The van der Waals surface area contributed by atoms with Crippen molar-refractivity contribution in [1.29, 1.82) is 0 Å². The number of aryl methyl sites for hydroxylation is 3. The number of piperidine rings is 1. The number of aliphatic imine (C=N–C) groups is 1. The van der Waals surface area contributed by atoms with Gasteiger partial charge in [0, 0.05) is 19.0 Å². The lowest BCUT2D eigenvalue weighted by molar-refractivity contribution is -0.125. The fraction of sp³-hybridized carbons (Fsp3) is 0.692. The molecule has 6 nitrogen and oxygen atoms in total. The first-order valence-corrected chi connectivity index (χ1v) is 14.3. The SMILES string of the molecule is CCc1cc(C)c(CCS(=O)(=O)N2CCC3(CC2)N=C(C2CCCCCC2)NC3=O)c(C)c1. The van der Waals surface area contributed by atoms with E-state index in [1.54, 1.807) is 4.31 Å². The van der Waals surface area contributed by atoms with Gasteiger partial charge in [0.05, 0.1) is 5.75 Å². The van der Waals surface area contributed by atoms with Gasteiger partial charge in [-0.1, -0.05) is 44.7 Å². The molecule has 0 bridgehead atoms. The molecule has 182 valence electrons. The molecule has 33 heavy (non-hydrogen) atoms. The zero-order valence-electron chi connectivity index (χ0n) is 20.5. The minimum Gasteiger partial charge on any atom is -0.312 e. The minimum atomic E-state index is -3.38. The normalized spacial score (nSPS) is 22.3. The van der Waals surface area contributed by atoms with Crippen LogP contribution in [0.15, 0.2) is 17.1 Å². The fourth-order valence-electron chi connectivity index (χ4n) is 5.80. The average molecular weight is 474 g/mol. The highest BCUT2D eigenvalue weighted by molar-refractivity contribution is 7.89. The maximum absolute atomic E-state index is 13.1. The summed E-state index contributed by atoms with van der Waals surface area (Å²) in [6, 6.07) is 4.34. The molecule has 3 aliphatic rings. The molecule has 0 aromatic heterocycles. The van der Waals surface area contributed by atoms with Crippen LogP contribution in [0.5, 0.6) is 0 Å². The quantitative estimate of drug-likeness (QED) is 0.633. The van der Waals surface area contributed by atoms with Gasteiger partial charge in [-0.15, -0.1) is 0 Å². The van der Waals surface area contributed by atoms with Crippen molar-refractivity contribution in [2.24, 2.45) is 10.9 Å². The van der Waals surface area contributed by atoms with Crippen LogP contribution in [-0.2, 0) is 27.7 Å². The van der Waals surface area contributed by atoms with Crippen molar-refractivity contribution in [3.8, 4) is 0 Å². The van der Waals surface area contributed by atoms with Crippen LogP contribution in [0.2, 0.25) is 0 Å². The summed E-state index contributed by atoms with van der Waals surface area (Å²) in [6.45, 7) is 7.01. The van der Waals surface area contributed by atoms with E-state index in [1.807, 2.05) is 0 Å². The Balaban J connectivity index is 1.39. The zero-order chi connectivity index (χ0) is 23.6. The second-order valence-electron chi connectivity index (χ2n) is 10.2. The highest BCUT2D eigenvalue weighted by Crippen LogP contribution is 2.34. The van der Waals surface area contributed by atoms with Crippen molar-refractivity contribution in [3.05, 3.63) is 34.4 Å². The maximum atomic E-state index is 13.1. The molecule has 2 aliphatic heterocycles. The van der Waals surface area contributed by atoms with Crippen LogP contribution in [0.4, 0.5) is 0 Å². The second kappa shape index (κ2) is 9.87. The standard InChI is InChI=1S/C26H39N3O3S/c1-4-21-17-19(2)23(20(3)18-21)11-16-33(31,32)29-14-12-26(13-15-29)25(30)27-24(28-26)22-9-7-5-6-8-10-22/h17-18,22H,4-16H2,1-3H3,(H,27,28,30). The van der Waals surface area contributed by atoms with E-state index in [4.69, 9.17) is 4.99 Å².